The van der Waals surface area contributed by atoms with Gasteiger partial charge in [0.1, 0.15) is 40.4 Å². The molecule has 0 atom stereocenters. The molecule has 1 saturated carbocycles. The predicted molar refractivity (Wildman–Crippen MR) is 162 cm³/mol. The Bertz CT molecular complexity index is 1840. The second-order valence-corrected chi connectivity index (χ2v) is 12.1. The van der Waals surface area contributed by atoms with E-state index in [1.165, 1.54) is 37.3 Å². The van der Waals surface area contributed by atoms with Crippen LogP contribution in [0.5, 0.6) is 5.75 Å². The minimum absolute atomic E-state index is 0.149. The number of hydrogen-bond acceptors (Lipinski definition) is 1. The van der Waals surface area contributed by atoms with Crippen molar-refractivity contribution in [1.82, 2.24) is 0 Å². The summed E-state index contributed by atoms with van der Waals surface area (Å²) in [5.41, 5.74) is -2.70. The van der Waals surface area contributed by atoms with Gasteiger partial charge in [0.15, 0.2) is 0 Å². The van der Waals surface area contributed by atoms with Crippen molar-refractivity contribution in [3.05, 3.63) is 100 Å². The number of halogens is 10. The molecule has 0 amide bonds. The molecule has 0 saturated heterocycles. The van der Waals surface area contributed by atoms with Crippen molar-refractivity contribution in [2.75, 3.05) is 0 Å². The highest BCUT2D eigenvalue weighted by molar-refractivity contribution is 5.86. The number of rotatable bonds is 9. The van der Waals surface area contributed by atoms with Gasteiger partial charge in [-0.1, -0.05) is 50.7 Å². The lowest BCUT2D eigenvalue weighted by Crippen LogP contribution is -2.25. The van der Waals surface area contributed by atoms with E-state index < -0.39 is 69.0 Å². The number of ether oxygens (including phenoxy) is 1. The maximum atomic E-state index is 15.2. The Morgan fingerprint density at radius 3 is 2.06 bits per heavy atom. The van der Waals surface area contributed by atoms with E-state index in [4.69, 9.17) is 0 Å². The molecule has 0 spiro atoms. The van der Waals surface area contributed by atoms with Gasteiger partial charge in [0.25, 0.3) is 0 Å². The molecular formula is C37H30F10O. The van der Waals surface area contributed by atoms with Crippen LogP contribution in [0.2, 0.25) is 0 Å². The van der Waals surface area contributed by atoms with Crippen LogP contribution < -0.4 is 4.74 Å². The molecule has 1 aliphatic rings. The summed E-state index contributed by atoms with van der Waals surface area (Å²) >= 11 is 0. The lowest BCUT2D eigenvalue weighted by atomic mass is 9.77. The topological polar surface area (TPSA) is 9.23 Å². The summed E-state index contributed by atoms with van der Waals surface area (Å²) in [7, 11) is 0. The van der Waals surface area contributed by atoms with E-state index in [0.717, 1.165) is 61.8 Å². The molecule has 0 radical (unpaired) electrons. The molecular weight excluding hydrogens is 650 g/mol. The van der Waals surface area contributed by atoms with Crippen molar-refractivity contribution in [3.8, 4) is 28.7 Å². The summed E-state index contributed by atoms with van der Waals surface area (Å²) in [4.78, 5) is 0. The third-order valence-electron chi connectivity index (χ3n) is 8.75. The van der Waals surface area contributed by atoms with E-state index in [1.54, 1.807) is 6.07 Å². The Labute approximate surface area is 270 Å². The Morgan fingerprint density at radius 1 is 0.750 bits per heavy atom. The van der Waals surface area contributed by atoms with Gasteiger partial charge in [0, 0.05) is 16.9 Å². The molecule has 0 aliphatic heterocycles. The van der Waals surface area contributed by atoms with Crippen LogP contribution in [0.1, 0.15) is 80.9 Å². The maximum absolute atomic E-state index is 15.2. The molecule has 48 heavy (non-hydrogen) atoms. The molecule has 0 aromatic heterocycles. The van der Waals surface area contributed by atoms with Gasteiger partial charge in [0.2, 0.25) is 0 Å². The highest BCUT2D eigenvalue weighted by atomic mass is 19.4. The summed E-state index contributed by atoms with van der Waals surface area (Å²) < 4.78 is 146. The molecule has 0 unspecified atom stereocenters. The van der Waals surface area contributed by atoms with E-state index in [0.29, 0.717) is 24.1 Å². The van der Waals surface area contributed by atoms with Crippen LogP contribution >= 0.6 is 0 Å². The van der Waals surface area contributed by atoms with Gasteiger partial charge in [-0.3, -0.25) is 0 Å². The average Bonchev–Trinajstić information content (AvgIpc) is 3.00. The first-order valence-electron chi connectivity index (χ1n) is 15.5. The third-order valence-corrected chi connectivity index (χ3v) is 8.75. The number of alkyl halides is 5. The fourth-order valence-corrected chi connectivity index (χ4v) is 6.31. The summed E-state index contributed by atoms with van der Waals surface area (Å²) in [6, 6.07) is 8.33. The summed E-state index contributed by atoms with van der Waals surface area (Å²) in [6.07, 6.45) is -1.04. The van der Waals surface area contributed by atoms with Crippen LogP contribution in [0.15, 0.2) is 54.6 Å². The highest BCUT2D eigenvalue weighted by Gasteiger charge is 2.41. The molecule has 1 fully saturated rings. The Balaban J connectivity index is 1.34. The predicted octanol–water partition coefficient (Wildman–Crippen LogP) is 12.1. The van der Waals surface area contributed by atoms with Gasteiger partial charge in [0.05, 0.1) is 5.56 Å². The Kier molecular flexibility index (Phi) is 10.3. The van der Waals surface area contributed by atoms with Crippen LogP contribution in [0, 0.1) is 46.8 Å². The van der Waals surface area contributed by atoms with Crippen molar-refractivity contribution in [1.29, 1.82) is 0 Å². The standard InChI is InChI=1S/C37H30F10O/c1-2-3-4-5-21-6-8-22(9-7-21)23-10-12-27(30(38)17-23)25-19-32(40)34(33(41)20-25)37(46,47)48-26-11-13-28-24(16-26)18-31(39)29(35(28)42)14-15-36(43,44)45/h10-13,16-22H,2-9H2,1H3. The Hall–Kier alpha value is -4.20. The molecule has 11 heteroatoms. The van der Waals surface area contributed by atoms with Crippen molar-refractivity contribution < 1.29 is 48.6 Å². The molecule has 1 aliphatic carbocycles. The number of hydrogen-bond donors (Lipinski definition) is 0. The van der Waals surface area contributed by atoms with Crippen LogP contribution in [-0.4, -0.2) is 6.18 Å². The van der Waals surface area contributed by atoms with Gasteiger partial charge >= 0.3 is 12.3 Å². The zero-order valence-electron chi connectivity index (χ0n) is 25.7. The molecule has 5 rings (SSSR count). The fourth-order valence-electron chi connectivity index (χ4n) is 6.31. The van der Waals surface area contributed by atoms with E-state index >= 15 is 22.0 Å². The van der Waals surface area contributed by atoms with Crippen molar-refractivity contribution >= 4 is 10.8 Å². The minimum atomic E-state index is -5.02. The lowest BCUT2D eigenvalue weighted by Gasteiger charge is -2.29. The smallest absolute Gasteiger partial charge is 0.429 e. The molecule has 0 bridgehead atoms. The Morgan fingerprint density at radius 2 is 1.44 bits per heavy atom. The maximum Gasteiger partial charge on any atom is 0.458 e. The lowest BCUT2D eigenvalue weighted by molar-refractivity contribution is -0.189. The van der Waals surface area contributed by atoms with E-state index in [1.807, 2.05) is 0 Å². The number of fused-ring (bicyclic) bond motifs is 1. The normalized spacial score (nSPS) is 16.9. The average molecular weight is 681 g/mol. The summed E-state index contributed by atoms with van der Waals surface area (Å²) in [5.74, 6) is -5.04. The van der Waals surface area contributed by atoms with Gasteiger partial charge in [-0.25, -0.2) is 22.0 Å². The van der Waals surface area contributed by atoms with Crippen molar-refractivity contribution in [2.24, 2.45) is 5.92 Å². The number of unbranched alkanes of at least 4 members (excludes halogenated alkanes) is 2. The van der Waals surface area contributed by atoms with Gasteiger partial charge in [-0.15, -0.1) is 0 Å². The molecule has 254 valence electrons. The van der Waals surface area contributed by atoms with Gasteiger partial charge in [-0.05, 0) is 96.5 Å². The molecule has 0 heterocycles. The first-order valence-corrected chi connectivity index (χ1v) is 15.5. The van der Waals surface area contributed by atoms with Crippen LogP contribution in [0.25, 0.3) is 21.9 Å². The second-order valence-electron chi connectivity index (χ2n) is 12.1. The zero-order valence-corrected chi connectivity index (χ0v) is 25.7. The summed E-state index contributed by atoms with van der Waals surface area (Å²) in [5, 5.41) is -0.866. The molecule has 4 aromatic rings. The molecule has 0 N–H and O–H groups in total. The van der Waals surface area contributed by atoms with Crippen LogP contribution in [0.3, 0.4) is 0 Å². The molecule has 1 nitrogen and oxygen atoms in total. The highest BCUT2D eigenvalue weighted by Crippen LogP contribution is 2.41. The third kappa shape index (κ3) is 7.91. The van der Waals surface area contributed by atoms with Gasteiger partial charge in [-0.2, -0.15) is 22.0 Å². The minimum Gasteiger partial charge on any atom is -0.429 e. The molecule has 4 aromatic carbocycles. The van der Waals surface area contributed by atoms with E-state index in [9.17, 15) is 22.0 Å². The monoisotopic (exact) mass is 680 g/mol. The number of benzene rings is 4. The zero-order chi connectivity index (χ0) is 34.8. The van der Waals surface area contributed by atoms with E-state index in [2.05, 4.69) is 11.7 Å². The second kappa shape index (κ2) is 14.1. The van der Waals surface area contributed by atoms with Crippen molar-refractivity contribution in [3.63, 3.8) is 0 Å². The van der Waals surface area contributed by atoms with Crippen LogP contribution in [0.4, 0.5) is 43.9 Å². The SMILES string of the molecule is CCCCCC1CCC(c2ccc(-c3cc(F)c(C(F)(F)Oc4ccc5c(F)c(C#CC(F)(F)F)c(F)cc5c4)c(F)c3)c(F)c2)CC1. The van der Waals surface area contributed by atoms with E-state index in [-0.39, 0.29) is 17.0 Å². The quantitative estimate of drug-likeness (QED) is 0.0971. The van der Waals surface area contributed by atoms with Gasteiger partial charge < -0.3 is 4.74 Å². The van der Waals surface area contributed by atoms with Crippen molar-refractivity contribution in [2.45, 2.75) is 76.5 Å². The fraction of sp³-hybridized carbons (Fsp3) is 0.351. The summed E-state index contributed by atoms with van der Waals surface area (Å²) in [6.45, 7) is 2.16. The largest absolute Gasteiger partial charge is 0.458 e. The first-order chi connectivity index (χ1) is 22.7. The van der Waals surface area contributed by atoms with Crippen LogP contribution in [-0.2, 0) is 6.11 Å². The first kappa shape index (κ1) is 35.1.